The smallest absolute Gasteiger partial charge is 0.308 e. The van der Waals surface area contributed by atoms with Gasteiger partial charge in [0, 0.05) is 12.8 Å². The number of esters is 1. The zero-order valence-corrected chi connectivity index (χ0v) is 10.7. The number of rotatable bonds is 5. The Morgan fingerprint density at radius 3 is 2.50 bits per heavy atom. The van der Waals surface area contributed by atoms with E-state index in [0.29, 0.717) is 12.8 Å². The minimum atomic E-state index is -1.06. The van der Waals surface area contributed by atoms with Crippen LogP contribution in [0.15, 0.2) is 0 Å². The van der Waals surface area contributed by atoms with Crippen LogP contribution in [0.3, 0.4) is 0 Å². The molecule has 0 saturated carbocycles. The summed E-state index contributed by atoms with van der Waals surface area (Å²) in [5, 5.41) is 9.65. The molecule has 1 heterocycles. The first kappa shape index (κ1) is 14.6. The maximum absolute atomic E-state index is 11.6. The van der Waals surface area contributed by atoms with Gasteiger partial charge in [0.15, 0.2) is 0 Å². The Morgan fingerprint density at radius 1 is 1.44 bits per heavy atom. The molecule has 18 heavy (non-hydrogen) atoms. The molecule has 1 unspecified atom stereocenters. The van der Waals surface area contributed by atoms with E-state index in [1.165, 1.54) is 0 Å². The molecule has 1 saturated heterocycles. The largest absolute Gasteiger partial charge is 0.466 e. The van der Waals surface area contributed by atoms with Crippen molar-refractivity contribution in [3.05, 3.63) is 0 Å². The lowest BCUT2D eigenvalue weighted by Crippen LogP contribution is -2.46. The van der Waals surface area contributed by atoms with E-state index in [4.69, 9.17) is 0 Å². The summed E-state index contributed by atoms with van der Waals surface area (Å²) in [5.74, 6) is -1.07. The maximum atomic E-state index is 11.6. The molecule has 1 N–H and O–H groups in total. The van der Waals surface area contributed by atoms with Gasteiger partial charge in [0.05, 0.1) is 25.7 Å². The highest BCUT2D eigenvalue weighted by atomic mass is 16.5. The molecule has 0 bridgehead atoms. The van der Waals surface area contributed by atoms with Crippen LogP contribution in [0.2, 0.25) is 0 Å². The van der Waals surface area contributed by atoms with Crippen LogP contribution in [0, 0.1) is 5.92 Å². The Hall–Kier alpha value is -1.43. The number of carbonyl (C=O) groups is 3. The van der Waals surface area contributed by atoms with Gasteiger partial charge in [-0.05, 0) is 12.8 Å². The number of aliphatic hydroxyl groups is 1. The van der Waals surface area contributed by atoms with Crippen molar-refractivity contribution in [1.82, 2.24) is 4.90 Å². The Labute approximate surface area is 106 Å². The van der Waals surface area contributed by atoms with Gasteiger partial charge >= 0.3 is 5.97 Å². The van der Waals surface area contributed by atoms with Crippen LogP contribution < -0.4 is 0 Å². The van der Waals surface area contributed by atoms with Crippen LogP contribution in [0.5, 0.6) is 0 Å². The van der Waals surface area contributed by atoms with Gasteiger partial charge in [-0.1, -0.05) is 6.92 Å². The quantitative estimate of drug-likeness (QED) is 0.557. The zero-order chi connectivity index (χ0) is 13.7. The molecule has 0 aliphatic carbocycles. The molecular weight excluding hydrogens is 238 g/mol. The summed E-state index contributed by atoms with van der Waals surface area (Å²) in [6.07, 6.45) is -0.665. The SMILES string of the molecule is CCOC(=O)CC(O)CN1C(=O)CC(C)CC1=O. The van der Waals surface area contributed by atoms with Crippen molar-refractivity contribution in [1.29, 1.82) is 0 Å². The molecule has 0 aromatic rings. The van der Waals surface area contributed by atoms with E-state index in [1.54, 1.807) is 6.92 Å². The number of nitrogens with zero attached hydrogens (tertiary/aromatic N) is 1. The molecule has 1 rings (SSSR count). The van der Waals surface area contributed by atoms with Crippen molar-refractivity contribution in [3.63, 3.8) is 0 Å². The summed E-state index contributed by atoms with van der Waals surface area (Å²) in [7, 11) is 0. The predicted octanol–water partition coefficient (Wildman–Crippen LogP) is 0.0856. The molecule has 102 valence electrons. The monoisotopic (exact) mass is 257 g/mol. The van der Waals surface area contributed by atoms with E-state index >= 15 is 0 Å². The highest BCUT2D eigenvalue weighted by Crippen LogP contribution is 2.19. The zero-order valence-electron chi connectivity index (χ0n) is 10.7. The number of likely N-dealkylation sites (tertiary alicyclic amines) is 1. The van der Waals surface area contributed by atoms with E-state index < -0.39 is 12.1 Å². The van der Waals surface area contributed by atoms with Crippen LogP contribution in [0.1, 0.15) is 33.1 Å². The Morgan fingerprint density at radius 2 is 2.00 bits per heavy atom. The van der Waals surface area contributed by atoms with Gasteiger partial charge in [-0.25, -0.2) is 0 Å². The van der Waals surface area contributed by atoms with E-state index in [0.717, 1.165) is 4.90 Å². The third-order valence-electron chi connectivity index (χ3n) is 2.75. The van der Waals surface area contributed by atoms with Crippen LogP contribution in [-0.2, 0) is 19.1 Å². The van der Waals surface area contributed by atoms with Crippen molar-refractivity contribution in [2.24, 2.45) is 5.92 Å². The van der Waals surface area contributed by atoms with Crippen LogP contribution in [0.4, 0.5) is 0 Å². The highest BCUT2D eigenvalue weighted by molar-refractivity contribution is 5.97. The second-order valence-corrected chi connectivity index (χ2v) is 4.57. The summed E-state index contributed by atoms with van der Waals surface area (Å²) in [5.41, 5.74) is 0. The maximum Gasteiger partial charge on any atom is 0.308 e. The molecule has 2 amide bonds. The van der Waals surface area contributed by atoms with E-state index in [1.807, 2.05) is 6.92 Å². The fraction of sp³-hybridized carbons (Fsp3) is 0.750. The van der Waals surface area contributed by atoms with Gasteiger partial charge in [0.25, 0.3) is 0 Å². The van der Waals surface area contributed by atoms with Crippen molar-refractivity contribution in [2.45, 2.75) is 39.2 Å². The molecule has 0 radical (unpaired) electrons. The average molecular weight is 257 g/mol. The second kappa shape index (κ2) is 6.49. The standard InChI is InChI=1S/C12H19NO5/c1-3-18-12(17)6-9(14)7-13-10(15)4-8(2)5-11(13)16/h8-9,14H,3-7H2,1-2H3. The van der Waals surface area contributed by atoms with E-state index in [-0.39, 0.29) is 37.3 Å². The normalized spacial score (nSPS) is 18.9. The molecule has 6 heteroatoms. The molecule has 6 nitrogen and oxygen atoms in total. The number of hydrogen-bond acceptors (Lipinski definition) is 5. The lowest BCUT2D eigenvalue weighted by atomic mass is 9.97. The molecule has 1 aliphatic rings. The second-order valence-electron chi connectivity index (χ2n) is 4.57. The number of aliphatic hydroxyl groups excluding tert-OH is 1. The number of ether oxygens (including phenoxy) is 1. The predicted molar refractivity (Wildman–Crippen MR) is 62.4 cm³/mol. The lowest BCUT2D eigenvalue weighted by Gasteiger charge is -2.29. The summed E-state index contributed by atoms with van der Waals surface area (Å²) >= 11 is 0. The average Bonchev–Trinajstić information content (AvgIpc) is 2.23. The first-order valence-electron chi connectivity index (χ1n) is 6.10. The van der Waals surface area contributed by atoms with Crippen LogP contribution >= 0.6 is 0 Å². The van der Waals surface area contributed by atoms with Gasteiger partial charge in [0.2, 0.25) is 11.8 Å². The lowest BCUT2D eigenvalue weighted by molar-refractivity contribution is -0.154. The molecule has 0 aromatic heterocycles. The van der Waals surface area contributed by atoms with Gasteiger partial charge in [-0.15, -0.1) is 0 Å². The summed E-state index contributed by atoms with van der Waals surface area (Å²) < 4.78 is 4.69. The van der Waals surface area contributed by atoms with Crippen molar-refractivity contribution in [3.8, 4) is 0 Å². The third kappa shape index (κ3) is 4.10. The summed E-state index contributed by atoms with van der Waals surface area (Å²) in [6, 6.07) is 0. The third-order valence-corrected chi connectivity index (χ3v) is 2.75. The minimum Gasteiger partial charge on any atom is -0.466 e. The summed E-state index contributed by atoms with van der Waals surface area (Å²) in [4.78, 5) is 35.5. The van der Waals surface area contributed by atoms with Crippen molar-refractivity contribution < 1.29 is 24.2 Å². The highest BCUT2D eigenvalue weighted by Gasteiger charge is 2.31. The van der Waals surface area contributed by atoms with E-state index in [2.05, 4.69) is 4.74 Å². The number of β-amino-alcohol motifs (C(OH)–C–C–N with tert-alkyl or cyclic N) is 1. The molecular formula is C12H19NO5. The minimum absolute atomic E-state index is 0.0449. The Balaban J connectivity index is 2.48. The van der Waals surface area contributed by atoms with Crippen LogP contribution in [0.25, 0.3) is 0 Å². The van der Waals surface area contributed by atoms with Gasteiger partial charge < -0.3 is 9.84 Å². The first-order chi connectivity index (χ1) is 8.43. The van der Waals surface area contributed by atoms with Crippen molar-refractivity contribution in [2.75, 3.05) is 13.2 Å². The molecule has 1 fully saturated rings. The fourth-order valence-electron chi connectivity index (χ4n) is 1.92. The number of imide groups is 1. The fourth-order valence-corrected chi connectivity index (χ4v) is 1.92. The number of hydrogen-bond donors (Lipinski definition) is 1. The van der Waals surface area contributed by atoms with Crippen molar-refractivity contribution >= 4 is 17.8 Å². The van der Waals surface area contributed by atoms with Gasteiger partial charge in [0.1, 0.15) is 0 Å². The van der Waals surface area contributed by atoms with E-state index in [9.17, 15) is 19.5 Å². The molecule has 0 spiro atoms. The van der Waals surface area contributed by atoms with Gasteiger partial charge in [-0.3, -0.25) is 19.3 Å². The number of amides is 2. The number of piperidine rings is 1. The van der Waals surface area contributed by atoms with Gasteiger partial charge in [-0.2, -0.15) is 0 Å². The Bertz CT molecular complexity index is 323. The molecule has 1 aliphatic heterocycles. The van der Waals surface area contributed by atoms with Crippen LogP contribution in [-0.4, -0.2) is 47.0 Å². The molecule has 0 aromatic carbocycles. The summed E-state index contributed by atoms with van der Waals surface area (Å²) in [6.45, 7) is 3.61. The molecule has 1 atom stereocenters. The Kier molecular flexibility index (Phi) is 5.27. The number of carbonyl (C=O) groups excluding carboxylic acids is 3. The topological polar surface area (TPSA) is 83.9 Å². The first-order valence-corrected chi connectivity index (χ1v) is 6.10.